The third-order valence-electron chi connectivity index (χ3n) is 5.61. The van der Waals surface area contributed by atoms with E-state index < -0.39 is 11.9 Å². The molecule has 1 aliphatic heterocycles. The minimum Gasteiger partial charge on any atom is -0.495 e. The summed E-state index contributed by atoms with van der Waals surface area (Å²) in [6, 6.07) is 11.8. The number of nitrogens with one attached hydrogen (secondary N) is 2. The van der Waals surface area contributed by atoms with Gasteiger partial charge < -0.3 is 30.6 Å². The molecule has 0 bridgehead atoms. The van der Waals surface area contributed by atoms with Crippen molar-refractivity contribution >= 4 is 23.3 Å². The van der Waals surface area contributed by atoms with Gasteiger partial charge in [-0.05, 0) is 36.8 Å². The second kappa shape index (κ2) is 9.18. The van der Waals surface area contributed by atoms with Crippen molar-refractivity contribution in [3.8, 4) is 17.2 Å². The van der Waals surface area contributed by atoms with Crippen LogP contribution in [0.15, 0.2) is 59.9 Å². The number of carbonyl (C=O) groups is 2. The molecule has 2 amide bonds. The Kier molecular flexibility index (Phi) is 6.13. The summed E-state index contributed by atoms with van der Waals surface area (Å²) in [7, 11) is 4.61. The third-order valence-corrected chi connectivity index (χ3v) is 5.61. The summed E-state index contributed by atoms with van der Waals surface area (Å²) in [5.74, 6) is 0.962. The van der Waals surface area contributed by atoms with Crippen molar-refractivity contribution in [2.75, 3.05) is 32.0 Å². The Bertz CT molecular complexity index is 1300. The number of primary amides is 1. The first kappa shape index (κ1) is 22.7. The van der Waals surface area contributed by atoms with E-state index in [0.29, 0.717) is 45.6 Å². The van der Waals surface area contributed by atoms with Crippen molar-refractivity contribution in [2.24, 2.45) is 5.73 Å². The van der Waals surface area contributed by atoms with Crippen molar-refractivity contribution in [3.05, 3.63) is 71.1 Å². The van der Waals surface area contributed by atoms with Crippen molar-refractivity contribution < 1.29 is 23.8 Å². The van der Waals surface area contributed by atoms with Crippen LogP contribution in [0.5, 0.6) is 17.2 Å². The monoisotopic (exact) mass is 463 g/mol. The van der Waals surface area contributed by atoms with Crippen LogP contribution >= 0.6 is 0 Å². The fraction of sp³-hybridized carbons (Fsp3) is 0.208. The molecular weight excluding hydrogens is 438 g/mol. The van der Waals surface area contributed by atoms with Crippen molar-refractivity contribution in [1.82, 2.24) is 9.78 Å². The van der Waals surface area contributed by atoms with Gasteiger partial charge in [-0.3, -0.25) is 9.59 Å². The highest BCUT2D eigenvalue weighted by Crippen LogP contribution is 2.40. The highest BCUT2D eigenvalue weighted by atomic mass is 16.5. The number of hydrogen-bond donors (Lipinski definition) is 3. The Hall–Kier alpha value is -4.47. The minimum absolute atomic E-state index is 0.217. The lowest BCUT2D eigenvalue weighted by atomic mass is 9.94. The normalized spacial score (nSPS) is 14.6. The average Bonchev–Trinajstić information content (AvgIpc) is 3.26. The van der Waals surface area contributed by atoms with E-state index in [-0.39, 0.29) is 11.5 Å². The Morgan fingerprint density at radius 2 is 1.74 bits per heavy atom. The lowest BCUT2D eigenvalue weighted by Gasteiger charge is -2.30. The molecule has 1 aliphatic rings. The Morgan fingerprint density at radius 1 is 1.03 bits per heavy atom. The average molecular weight is 463 g/mol. The number of carbonyl (C=O) groups excluding carboxylic acids is 2. The zero-order valence-corrected chi connectivity index (χ0v) is 19.2. The molecule has 0 saturated heterocycles. The van der Waals surface area contributed by atoms with Gasteiger partial charge in [-0.1, -0.05) is 18.2 Å². The van der Waals surface area contributed by atoms with E-state index in [4.69, 9.17) is 19.9 Å². The SMILES string of the molecule is COc1ccccc1NC(=O)C1=C(C)Nc2c(C(N)=O)cnn2[C@@H]1c1ccc(OC)c(OC)c1. The van der Waals surface area contributed by atoms with E-state index in [1.54, 1.807) is 49.0 Å². The molecule has 34 heavy (non-hydrogen) atoms. The van der Waals surface area contributed by atoms with Crippen LogP contribution in [0, 0.1) is 0 Å². The number of anilines is 2. The van der Waals surface area contributed by atoms with E-state index in [9.17, 15) is 9.59 Å². The van der Waals surface area contributed by atoms with Gasteiger partial charge in [0.25, 0.3) is 11.8 Å². The van der Waals surface area contributed by atoms with Gasteiger partial charge in [-0.15, -0.1) is 0 Å². The number of benzene rings is 2. The topological polar surface area (TPSA) is 130 Å². The van der Waals surface area contributed by atoms with Crippen LogP contribution in [0.25, 0.3) is 0 Å². The van der Waals surface area contributed by atoms with Gasteiger partial charge in [0.05, 0.1) is 38.8 Å². The Balaban J connectivity index is 1.85. The molecule has 4 rings (SSSR count). The lowest BCUT2D eigenvalue weighted by Crippen LogP contribution is -2.32. The number of amides is 2. The molecule has 1 atom stereocenters. The molecule has 2 aromatic carbocycles. The molecule has 0 radical (unpaired) electrons. The van der Waals surface area contributed by atoms with Crippen LogP contribution in [-0.4, -0.2) is 42.9 Å². The maximum atomic E-state index is 13.6. The lowest BCUT2D eigenvalue weighted by molar-refractivity contribution is -0.113. The molecule has 0 fully saturated rings. The number of nitrogens with two attached hydrogens (primary N) is 1. The van der Waals surface area contributed by atoms with Gasteiger partial charge in [-0.25, -0.2) is 4.68 Å². The van der Waals surface area contributed by atoms with Gasteiger partial charge in [0.2, 0.25) is 0 Å². The molecular formula is C24H25N5O5. The molecule has 3 aromatic rings. The van der Waals surface area contributed by atoms with E-state index in [0.717, 1.165) is 0 Å². The molecule has 176 valence electrons. The number of allylic oxidation sites excluding steroid dienone is 1. The highest BCUT2D eigenvalue weighted by Gasteiger charge is 2.35. The fourth-order valence-electron chi connectivity index (χ4n) is 4.00. The van der Waals surface area contributed by atoms with E-state index >= 15 is 0 Å². The summed E-state index contributed by atoms with van der Waals surface area (Å²) in [5, 5.41) is 10.4. The van der Waals surface area contributed by atoms with Crippen LogP contribution in [0.3, 0.4) is 0 Å². The second-order valence-electron chi connectivity index (χ2n) is 7.55. The van der Waals surface area contributed by atoms with Gasteiger partial charge in [-0.2, -0.15) is 5.10 Å². The number of ether oxygens (including phenoxy) is 3. The first-order chi connectivity index (χ1) is 16.4. The summed E-state index contributed by atoms with van der Waals surface area (Å²) in [6.07, 6.45) is 1.38. The summed E-state index contributed by atoms with van der Waals surface area (Å²) in [5.41, 5.74) is 7.92. The van der Waals surface area contributed by atoms with Crippen LogP contribution in [0.1, 0.15) is 28.9 Å². The zero-order chi connectivity index (χ0) is 24.4. The number of methoxy groups -OCH3 is 3. The molecule has 0 aliphatic carbocycles. The second-order valence-corrected chi connectivity index (χ2v) is 7.55. The van der Waals surface area contributed by atoms with Crippen molar-refractivity contribution in [3.63, 3.8) is 0 Å². The van der Waals surface area contributed by atoms with Gasteiger partial charge >= 0.3 is 0 Å². The number of rotatable bonds is 7. The number of fused-ring (bicyclic) bond motifs is 1. The fourth-order valence-corrected chi connectivity index (χ4v) is 4.00. The number of hydrogen-bond acceptors (Lipinski definition) is 7. The molecule has 2 heterocycles. The largest absolute Gasteiger partial charge is 0.495 e. The minimum atomic E-state index is -0.682. The molecule has 10 heteroatoms. The van der Waals surface area contributed by atoms with Gasteiger partial charge in [0, 0.05) is 5.70 Å². The first-order valence-electron chi connectivity index (χ1n) is 10.4. The van der Waals surface area contributed by atoms with Gasteiger partial charge in [0.1, 0.15) is 23.2 Å². The maximum absolute atomic E-state index is 13.6. The number of para-hydroxylation sites is 2. The van der Waals surface area contributed by atoms with E-state index in [1.165, 1.54) is 20.4 Å². The molecule has 0 saturated carbocycles. The molecule has 0 unspecified atom stereocenters. The third kappa shape index (κ3) is 3.90. The Morgan fingerprint density at radius 3 is 2.41 bits per heavy atom. The summed E-state index contributed by atoms with van der Waals surface area (Å²) < 4.78 is 17.8. The Labute approximate surface area is 196 Å². The maximum Gasteiger partial charge on any atom is 0.255 e. The van der Waals surface area contributed by atoms with Crippen molar-refractivity contribution in [2.45, 2.75) is 13.0 Å². The van der Waals surface area contributed by atoms with Crippen LogP contribution < -0.4 is 30.6 Å². The summed E-state index contributed by atoms with van der Waals surface area (Å²) in [6.45, 7) is 1.76. The predicted molar refractivity (Wildman–Crippen MR) is 126 cm³/mol. The molecule has 0 spiro atoms. The highest BCUT2D eigenvalue weighted by molar-refractivity contribution is 6.07. The molecule has 4 N–H and O–H groups in total. The smallest absolute Gasteiger partial charge is 0.255 e. The quantitative estimate of drug-likeness (QED) is 0.491. The van der Waals surface area contributed by atoms with Crippen LogP contribution in [-0.2, 0) is 4.79 Å². The van der Waals surface area contributed by atoms with Crippen molar-refractivity contribution in [1.29, 1.82) is 0 Å². The molecule has 10 nitrogen and oxygen atoms in total. The van der Waals surface area contributed by atoms with E-state index in [2.05, 4.69) is 15.7 Å². The number of aromatic nitrogens is 2. The van der Waals surface area contributed by atoms with Gasteiger partial charge in [0.15, 0.2) is 11.5 Å². The summed E-state index contributed by atoms with van der Waals surface area (Å²) in [4.78, 5) is 25.6. The first-order valence-corrected chi connectivity index (χ1v) is 10.4. The zero-order valence-electron chi connectivity index (χ0n) is 19.2. The van der Waals surface area contributed by atoms with E-state index in [1.807, 2.05) is 12.1 Å². The van der Waals surface area contributed by atoms with Crippen LogP contribution in [0.4, 0.5) is 11.5 Å². The number of nitrogens with zero attached hydrogens (tertiary/aromatic N) is 2. The molecule has 1 aromatic heterocycles. The van der Waals surface area contributed by atoms with Crippen LogP contribution in [0.2, 0.25) is 0 Å². The standard InChI is InChI=1S/C24H25N5O5/c1-13-20(24(31)28-16-7-5-6-8-17(16)32-2)21(14-9-10-18(33-3)19(11-14)34-4)29-23(27-13)15(12-26-29)22(25)30/h5-12,21,27H,1-4H3,(H2,25,30)(H,28,31)/t21-/m1/s1. The predicted octanol–water partition coefficient (Wildman–Crippen LogP) is 2.94. The summed E-state index contributed by atoms with van der Waals surface area (Å²) >= 11 is 0.